The lowest BCUT2D eigenvalue weighted by molar-refractivity contribution is 0.299. The van der Waals surface area contributed by atoms with Gasteiger partial charge in [0, 0.05) is 11.6 Å². The summed E-state index contributed by atoms with van der Waals surface area (Å²) in [6, 6.07) is 3.84. The molecule has 1 aromatic rings. The van der Waals surface area contributed by atoms with E-state index in [1.165, 1.54) is 0 Å². The monoisotopic (exact) mass is 273 g/mol. The Bertz CT molecular complexity index is 366. The molecule has 0 fully saturated rings. The van der Waals surface area contributed by atoms with Gasteiger partial charge in [0.2, 0.25) is 0 Å². The van der Waals surface area contributed by atoms with Gasteiger partial charge >= 0.3 is 0 Å². The van der Waals surface area contributed by atoms with Gasteiger partial charge in [0.1, 0.15) is 0 Å². The van der Waals surface area contributed by atoms with Crippen LogP contribution in [0.4, 0.5) is 0 Å². The summed E-state index contributed by atoms with van der Waals surface area (Å²) in [5, 5.41) is 19.0. The van der Waals surface area contributed by atoms with Crippen molar-refractivity contribution >= 4 is 17.0 Å². The van der Waals surface area contributed by atoms with Crippen molar-refractivity contribution in [3.05, 3.63) is 23.3 Å². The highest BCUT2D eigenvalue weighted by Crippen LogP contribution is 2.42. The van der Waals surface area contributed by atoms with Crippen LogP contribution in [0.5, 0.6) is 11.5 Å². The number of rotatable bonds is 1. The van der Waals surface area contributed by atoms with Crippen LogP contribution in [-0.2, 0) is 6.42 Å². The average molecular weight is 274 g/mol. The second-order valence-corrected chi connectivity index (χ2v) is 4.02. The van der Waals surface area contributed by atoms with E-state index in [0.717, 1.165) is 24.0 Å². The highest BCUT2D eigenvalue weighted by atomic mass is 79.9. The van der Waals surface area contributed by atoms with Crippen molar-refractivity contribution in [2.45, 2.75) is 18.9 Å². The molecule has 0 aliphatic heterocycles. The number of fused-ring (bicyclic) bond motifs is 1. The summed E-state index contributed by atoms with van der Waals surface area (Å²) < 4.78 is 0. The van der Waals surface area contributed by atoms with Crippen molar-refractivity contribution < 1.29 is 10.2 Å². The summed E-state index contributed by atoms with van der Waals surface area (Å²) in [6.07, 6.45) is 1.86. The number of nitrogens with zero attached hydrogens (tertiary/aromatic N) is 1. The molecule has 2 rings (SSSR count). The molecule has 1 aliphatic carbocycles. The van der Waals surface area contributed by atoms with E-state index in [0.29, 0.717) is 6.04 Å². The number of aromatic hydroxyl groups is 2. The fourth-order valence-electron chi connectivity index (χ4n) is 2.19. The average Bonchev–Trinajstić information content (AvgIpc) is 2.55. The van der Waals surface area contributed by atoms with Crippen LogP contribution in [0.15, 0.2) is 12.1 Å². The van der Waals surface area contributed by atoms with E-state index in [2.05, 4.69) is 4.90 Å². The van der Waals surface area contributed by atoms with E-state index in [4.69, 9.17) is 0 Å². The van der Waals surface area contributed by atoms with Crippen molar-refractivity contribution in [3.8, 4) is 11.5 Å². The van der Waals surface area contributed by atoms with Crippen LogP contribution in [0.1, 0.15) is 23.6 Å². The molecule has 0 heterocycles. The second-order valence-electron chi connectivity index (χ2n) is 4.02. The molecule has 4 heteroatoms. The molecule has 15 heavy (non-hydrogen) atoms. The molecule has 0 aromatic heterocycles. The fourth-order valence-corrected chi connectivity index (χ4v) is 2.19. The van der Waals surface area contributed by atoms with Crippen LogP contribution in [-0.4, -0.2) is 29.2 Å². The lowest BCUT2D eigenvalue weighted by Gasteiger charge is -2.20. The molecule has 0 amide bonds. The molecule has 1 aliphatic rings. The minimum absolute atomic E-state index is 0. The van der Waals surface area contributed by atoms with Gasteiger partial charge in [0.15, 0.2) is 11.5 Å². The third-order valence-corrected chi connectivity index (χ3v) is 2.95. The first-order chi connectivity index (χ1) is 6.61. The summed E-state index contributed by atoms with van der Waals surface area (Å²) in [4.78, 5) is 2.14. The highest BCUT2D eigenvalue weighted by Gasteiger charge is 2.27. The molecule has 84 valence electrons. The minimum atomic E-state index is -0.0110. The summed E-state index contributed by atoms with van der Waals surface area (Å²) in [7, 11) is 4.06. The molecule has 0 saturated heterocycles. The Hall–Kier alpha value is -0.740. The number of phenolic OH excluding ortho intramolecular Hbond substituents is 2. The Morgan fingerprint density at radius 1 is 1.27 bits per heavy atom. The minimum Gasteiger partial charge on any atom is -0.504 e. The quantitative estimate of drug-likeness (QED) is 0.772. The molecule has 0 radical (unpaired) electrons. The fraction of sp³-hybridized carbons (Fsp3) is 0.455. The Kier molecular flexibility index (Phi) is 3.62. The van der Waals surface area contributed by atoms with Gasteiger partial charge in [-0.1, -0.05) is 6.07 Å². The first kappa shape index (κ1) is 12.3. The van der Waals surface area contributed by atoms with Crippen LogP contribution < -0.4 is 0 Å². The molecule has 1 atom stereocenters. The molecule has 1 unspecified atom stereocenters. The maximum Gasteiger partial charge on any atom is 0.161 e. The lowest BCUT2D eigenvalue weighted by atomic mass is 10.1. The molecule has 0 spiro atoms. The lowest BCUT2D eigenvalue weighted by Crippen LogP contribution is -2.17. The molecule has 2 N–H and O–H groups in total. The Morgan fingerprint density at radius 3 is 2.53 bits per heavy atom. The van der Waals surface area contributed by atoms with Crippen LogP contribution in [0.2, 0.25) is 0 Å². The van der Waals surface area contributed by atoms with Gasteiger partial charge in [-0.05, 0) is 38.6 Å². The zero-order valence-corrected chi connectivity index (χ0v) is 10.6. The Balaban J connectivity index is 0.00000112. The van der Waals surface area contributed by atoms with Gasteiger partial charge in [-0.15, -0.1) is 17.0 Å². The maximum absolute atomic E-state index is 9.65. The van der Waals surface area contributed by atoms with Gasteiger partial charge in [0.25, 0.3) is 0 Å². The van der Waals surface area contributed by atoms with E-state index in [-0.39, 0.29) is 28.5 Å². The van der Waals surface area contributed by atoms with Crippen molar-refractivity contribution in [1.82, 2.24) is 4.90 Å². The van der Waals surface area contributed by atoms with Gasteiger partial charge in [-0.2, -0.15) is 0 Å². The van der Waals surface area contributed by atoms with Crippen LogP contribution in [0, 0.1) is 0 Å². The van der Waals surface area contributed by atoms with Crippen LogP contribution in [0.25, 0.3) is 0 Å². The predicted molar refractivity (Wildman–Crippen MR) is 64.8 cm³/mol. The smallest absolute Gasteiger partial charge is 0.161 e. The third-order valence-electron chi connectivity index (χ3n) is 2.95. The number of hydrogen-bond donors (Lipinski definition) is 2. The number of hydrogen-bond acceptors (Lipinski definition) is 3. The molecular weight excluding hydrogens is 258 g/mol. The van der Waals surface area contributed by atoms with Crippen LogP contribution >= 0.6 is 17.0 Å². The zero-order chi connectivity index (χ0) is 10.3. The first-order valence-corrected chi connectivity index (χ1v) is 4.81. The first-order valence-electron chi connectivity index (χ1n) is 4.81. The van der Waals surface area contributed by atoms with E-state index in [1.807, 2.05) is 20.2 Å². The van der Waals surface area contributed by atoms with Crippen molar-refractivity contribution in [2.24, 2.45) is 0 Å². The molecule has 0 bridgehead atoms. The number of halogens is 1. The topological polar surface area (TPSA) is 43.7 Å². The highest BCUT2D eigenvalue weighted by molar-refractivity contribution is 8.93. The van der Waals surface area contributed by atoms with Crippen molar-refractivity contribution in [1.29, 1.82) is 0 Å². The van der Waals surface area contributed by atoms with E-state index < -0.39 is 0 Å². The summed E-state index contributed by atoms with van der Waals surface area (Å²) in [5.41, 5.74) is 2.05. The van der Waals surface area contributed by atoms with Crippen molar-refractivity contribution in [2.75, 3.05) is 14.1 Å². The zero-order valence-electron chi connectivity index (χ0n) is 8.90. The summed E-state index contributed by atoms with van der Waals surface area (Å²) >= 11 is 0. The van der Waals surface area contributed by atoms with Gasteiger partial charge in [0.05, 0.1) is 0 Å². The SMILES string of the molecule is Br.CN(C)C1CCc2c1ccc(O)c2O. The second kappa shape index (κ2) is 4.41. The van der Waals surface area contributed by atoms with E-state index >= 15 is 0 Å². The molecular formula is C11H16BrNO2. The molecule has 3 nitrogen and oxygen atoms in total. The van der Waals surface area contributed by atoms with E-state index in [1.54, 1.807) is 6.07 Å². The standard InChI is InChI=1S/C11H15NO2.BrH/c1-12(2)9-5-3-8-7(9)4-6-10(13)11(8)14;/h4,6,9,13-14H,3,5H2,1-2H3;1H. The summed E-state index contributed by atoms with van der Waals surface area (Å²) in [5.74, 6) is 0.0509. The molecule has 0 saturated carbocycles. The number of benzene rings is 1. The largest absolute Gasteiger partial charge is 0.504 e. The molecule has 1 aromatic carbocycles. The summed E-state index contributed by atoms with van der Waals surface area (Å²) in [6.45, 7) is 0. The third kappa shape index (κ3) is 1.96. The van der Waals surface area contributed by atoms with Gasteiger partial charge in [-0.3, -0.25) is 0 Å². The normalized spacial score (nSPS) is 18.7. The van der Waals surface area contributed by atoms with Gasteiger partial charge in [-0.25, -0.2) is 0 Å². The number of phenols is 2. The van der Waals surface area contributed by atoms with Crippen molar-refractivity contribution in [3.63, 3.8) is 0 Å². The van der Waals surface area contributed by atoms with Gasteiger partial charge < -0.3 is 15.1 Å². The van der Waals surface area contributed by atoms with E-state index in [9.17, 15) is 10.2 Å². The predicted octanol–water partition coefficient (Wildman–Crippen LogP) is 2.22. The Labute approximate surface area is 100 Å². The van der Waals surface area contributed by atoms with Crippen LogP contribution in [0.3, 0.4) is 0 Å². The Morgan fingerprint density at radius 2 is 1.93 bits per heavy atom. The maximum atomic E-state index is 9.65.